The standard InChI is InChI=1S/C15H22FNO/c1-11(17-2)14-8-7-13(9-15(14)16)18-10-12-5-3-4-6-12/h7-9,11-12,17H,3-6,10H2,1-2H3. The van der Waals surface area contributed by atoms with Crippen LogP contribution in [0.25, 0.3) is 0 Å². The fourth-order valence-corrected chi connectivity index (χ4v) is 2.50. The van der Waals surface area contributed by atoms with Crippen LogP contribution in [0.3, 0.4) is 0 Å². The van der Waals surface area contributed by atoms with Gasteiger partial charge in [0.25, 0.3) is 0 Å². The molecule has 1 saturated carbocycles. The largest absolute Gasteiger partial charge is 0.493 e. The Labute approximate surface area is 109 Å². The van der Waals surface area contributed by atoms with Crippen LogP contribution in [0.4, 0.5) is 4.39 Å². The fraction of sp³-hybridized carbons (Fsp3) is 0.600. The number of ether oxygens (including phenoxy) is 1. The third kappa shape index (κ3) is 3.22. The van der Waals surface area contributed by atoms with Crippen molar-refractivity contribution in [3.05, 3.63) is 29.6 Å². The summed E-state index contributed by atoms with van der Waals surface area (Å²) < 4.78 is 19.5. The first-order valence-electron chi connectivity index (χ1n) is 6.80. The van der Waals surface area contributed by atoms with Crippen molar-refractivity contribution in [1.29, 1.82) is 0 Å². The van der Waals surface area contributed by atoms with E-state index in [1.807, 2.05) is 20.0 Å². The van der Waals surface area contributed by atoms with E-state index in [0.29, 0.717) is 17.2 Å². The van der Waals surface area contributed by atoms with E-state index in [-0.39, 0.29) is 11.9 Å². The smallest absolute Gasteiger partial charge is 0.131 e. The SMILES string of the molecule is CNC(C)c1ccc(OCC2CCCC2)cc1F. The lowest BCUT2D eigenvalue weighted by Gasteiger charge is -2.14. The highest BCUT2D eigenvalue weighted by molar-refractivity contribution is 5.30. The molecule has 2 rings (SSSR count). The maximum atomic E-state index is 13.9. The molecule has 0 spiro atoms. The average Bonchev–Trinajstić information content (AvgIpc) is 2.88. The van der Waals surface area contributed by atoms with E-state index in [0.717, 1.165) is 6.61 Å². The molecule has 1 aliphatic carbocycles. The minimum Gasteiger partial charge on any atom is -0.493 e. The van der Waals surface area contributed by atoms with Gasteiger partial charge in [0.15, 0.2) is 0 Å². The molecule has 0 bridgehead atoms. The number of hydrogen-bond acceptors (Lipinski definition) is 2. The summed E-state index contributed by atoms with van der Waals surface area (Å²) in [6, 6.07) is 5.19. The summed E-state index contributed by atoms with van der Waals surface area (Å²) in [5, 5.41) is 3.04. The van der Waals surface area contributed by atoms with Crippen molar-refractivity contribution >= 4 is 0 Å². The fourth-order valence-electron chi connectivity index (χ4n) is 2.50. The molecule has 0 aromatic heterocycles. The van der Waals surface area contributed by atoms with E-state index in [4.69, 9.17) is 4.74 Å². The van der Waals surface area contributed by atoms with E-state index in [9.17, 15) is 4.39 Å². The lowest BCUT2D eigenvalue weighted by molar-refractivity contribution is 0.251. The van der Waals surface area contributed by atoms with Crippen LogP contribution in [0.1, 0.15) is 44.2 Å². The molecular formula is C15H22FNO. The van der Waals surface area contributed by atoms with E-state index in [2.05, 4.69) is 5.32 Å². The van der Waals surface area contributed by atoms with Crippen LogP contribution >= 0.6 is 0 Å². The molecule has 0 heterocycles. The second kappa shape index (κ2) is 6.19. The van der Waals surface area contributed by atoms with E-state index in [1.165, 1.54) is 31.7 Å². The Balaban J connectivity index is 1.95. The van der Waals surface area contributed by atoms with Crippen molar-refractivity contribution in [3.8, 4) is 5.75 Å². The Bertz CT molecular complexity index is 388. The molecule has 1 aromatic carbocycles. The summed E-state index contributed by atoms with van der Waals surface area (Å²) in [5.74, 6) is 1.11. The van der Waals surface area contributed by atoms with Gasteiger partial charge in [-0.05, 0) is 38.8 Å². The van der Waals surface area contributed by atoms with Crippen molar-refractivity contribution < 1.29 is 9.13 Å². The van der Waals surface area contributed by atoms with Crippen molar-refractivity contribution in [2.24, 2.45) is 5.92 Å². The Hall–Kier alpha value is -1.09. The van der Waals surface area contributed by atoms with Crippen LogP contribution in [-0.2, 0) is 0 Å². The third-order valence-corrected chi connectivity index (χ3v) is 3.83. The molecular weight excluding hydrogens is 229 g/mol. The molecule has 100 valence electrons. The maximum absolute atomic E-state index is 13.9. The third-order valence-electron chi connectivity index (χ3n) is 3.83. The minimum absolute atomic E-state index is 0.0221. The van der Waals surface area contributed by atoms with Crippen LogP contribution in [0.2, 0.25) is 0 Å². The van der Waals surface area contributed by atoms with Crippen LogP contribution in [0, 0.1) is 11.7 Å². The summed E-state index contributed by atoms with van der Waals surface area (Å²) in [5.41, 5.74) is 0.686. The molecule has 1 atom stereocenters. The van der Waals surface area contributed by atoms with Crippen LogP contribution in [0.15, 0.2) is 18.2 Å². The second-order valence-electron chi connectivity index (χ2n) is 5.16. The quantitative estimate of drug-likeness (QED) is 0.862. The lowest BCUT2D eigenvalue weighted by Crippen LogP contribution is -2.14. The summed E-state index contributed by atoms with van der Waals surface area (Å²) in [6.45, 7) is 2.66. The predicted molar refractivity (Wildman–Crippen MR) is 71.3 cm³/mol. The molecule has 3 heteroatoms. The van der Waals surface area contributed by atoms with E-state index in [1.54, 1.807) is 6.07 Å². The number of nitrogens with one attached hydrogen (secondary N) is 1. The average molecular weight is 251 g/mol. The number of rotatable bonds is 5. The van der Waals surface area contributed by atoms with Crippen LogP contribution < -0.4 is 10.1 Å². The lowest BCUT2D eigenvalue weighted by atomic mass is 10.1. The van der Waals surface area contributed by atoms with Gasteiger partial charge >= 0.3 is 0 Å². The summed E-state index contributed by atoms with van der Waals surface area (Å²) in [4.78, 5) is 0. The Morgan fingerprint density at radius 3 is 2.72 bits per heavy atom. The molecule has 1 aromatic rings. The topological polar surface area (TPSA) is 21.3 Å². The highest BCUT2D eigenvalue weighted by atomic mass is 19.1. The Morgan fingerprint density at radius 2 is 2.11 bits per heavy atom. The van der Waals surface area contributed by atoms with Crippen molar-refractivity contribution in [3.63, 3.8) is 0 Å². The molecule has 0 saturated heterocycles. The van der Waals surface area contributed by atoms with Crippen molar-refractivity contribution in [2.45, 2.75) is 38.6 Å². The zero-order valence-electron chi connectivity index (χ0n) is 11.2. The molecule has 0 radical (unpaired) electrons. The molecule has 18 heavy (non-hydrogen) atoms. The van der Waals surface area contributed by atoms with Crippen molar-refractivity contribution in [2.75, 3.05) is 13.7 Å². The van der Waals surface area contributed by atoms with Gasteiger partial charge in [-0.25, -0.2) is 4.39 Å². The van der Waals surface area contributed by atoms with Gasteiger partial charge in [-0.1, -0.05) is 18.9 Å². The molecule has 0 aliphatic heterocycles. The van der Waals surface area contributed by atoms with Gasteiger partial charge in [0.1, 0.15) is 11.6 Å². The van der Waals surface area contributed by atoms with Crippen LogP contribution in [-0.4, -0.2) is 13.7 Å². The highest BCUT2D eigenvalue weighted by Crippen LogP contribution is 2.27. The summed E-state index contributed by atoms with van der Waals surface area (Å²) in [7, 11) is 1.83. The zero-order valence-corrected chi connectivity index (χ0v) is 11.2. The number of benzene rings is 1. The summed E-state index contributed by atoms with van der Waals surface area (Å²) >= 11 is 0. The maximum Gasteiger partial charge on any atom is 0.131 e. The van der Waals surface area contributed by atoms with Gasteiger partial charge in [0.05, 0.1) is 6.61 Å². The van der Waals surface area contributed by atoms with Gasteiger partial charge < -0.3 is 10.1 Å². The molecule has 1 aliphatic rings. The van der Waals surface area contributed by atoms with Crippen molar-refractivity contribution in [1.82, 2.24) is 5.32 Å². The molecule has 1 fully saturated rings. The van der Waals surface area contributed by atoms with Gasteiger partial charge in [-0.2, -0.15) is 0 Å². The highest BCUT2D eigenvalue weighted by Gasteiger charge is 2.16. The second-order valence-corrected chi connectivity index (χ2v) is 5.16. The first-order chi connectivity index (χ1) is 8.70. The normalized spacial score (nSPS) is 17.9. The molecule has 1 N–H and O–H groups in total. The minimum atomic E-state index is -0.194. The summed E-state index contributed by atoms with van der Waals surface area (Å²) in [6.07, 6.45) is 5.11. The van der Waals surface area contributed by atoms with Gasteiger partial charge in [-0.15, -0.1) is 0 Å². The Morgan fingerprint density at radius 1 is 1.39 bits per heavy atom. The first kappa shape index (κ1) is 13.3. The van der Waals surface area contributed by atoms with Gasteiger partial charge in [0.2, 0.25) is 0 Å². The van der Waals surface area contributed by atoms with Crippen LogP contribution in [0.5, 0.6) is 5.75 Å². The van der Waals surface area contributed by atoms with E-state index >= 15 is 0 Å². The molecule has 0 amide bonds. The molecule has 1 unspecified atom stereocenters. The number of halogens is 1. The van der Waals surface area contributed by atoms with E-state index < -0.39 is 0 Å². The first-order valence-corrected chi connectivity index (χ1v) is 6.80. The predicted octanol–water partition coefficient (Wildman–Crippen LogP) is 3.68. The zero-order chi connectivity index (χ0) is 13.0. The Kier molecular flexibility index (Phi) is 4.59. The van der Waals surface area contributed by atoms with Gasteiger partial charge in [0, 0.05) is 17.7 Å². The monoisotopic (exact) mass is 251 g/mol. The van der Waals surface area contributed by atoms with Gasteiger partial charge in [-0.3, -0.25) is 0 Å². The number of hydrogen-bond donors (Lipinski definition) is 1. The molecule has 2 nitrogen and oxygen atoms in total.